The molecule has 39 heavy (non-hydrogen) atoms. The number of anilines is 3. The minimum atomic E-state index is -0.783. The average molecular weight is 502 g/mol. The number of hydrogen-bond donors (Lipinski definition) is 0. The van der Waals surface area contributed by atoms with Gasteiger partial charge in [0.05, 0.1) is 0 Å². The molecule has 1 heterocycles. The second-order valence-electron chi connectivity index (χ2n) is 9.75. The van der Waals surface area contributed by atoms with Crippen LogP contribution in [-0.2, 0) is 5.60 Å². The van der Waals surface area contributed by atoms with Crippen molar-refractivity contribution >= 4 is 17.1 Å². The quantitative estimate of drug-likeness (QED) is 0.233. The van der Waals surface area contributed by atoms with E-state index in [4.69, 9.17) is 4.74 Å². The molecule has 0 N–H and O–H groups in total. The maximum Gasteiger partial charge on any atom is 0.185 e. The van der Waals surface area contributed by atoms with Crippen LogP contribution < -0.4 is 9.64 Å². The smallest absolute Gasteiger partial charge is 0.185 e. The van der Waals surface area contributed by atoms with Crippen molar-refractivity contribution in [2.75, 3.05) is 4.90 Å². The molecule has 0 saturated carbocycles. The van der Waals surface area contributed by atoms with Crippen LogP contribution in [0.5, 0.6) is 5.75 Å². The summed E-state index contributed by atoms with van der Waals surface area (Å²) in [6.45, 7) is 0. The summed E-state index contributed by atoms with van der Waals surface area (Å²) in [6.07, 6.45) is 0. The van der Waals surface area contributed by atoms with Gasteiger partial charge in [0.15, 0.2) is 5.60 Å². The molecular weight excluding hydrogens is 474 g/mol. The summed E-state index contributed by atoms with van der Waals surface area (Å²) in [5.41, 5.74) is 8.07. The molecule has 1 aliphatic rings. The van der Waals surface area contributed by atoms with Crippen molar-refractivity contribution in [1.29, 1.82) is 0 Å². The number of para-hydroxylation sites is 2. The lowest BCUT2D eigenvalue weighted by atomic mass is 9.75. The first kappa shape index (κ1) is 23.1. The molecule has 1 aliphatic heterocycles. The molecular formula is C37H27NO. The van der Waals surface area contributed by atoms with Crippen molar-refractivity contribution in [3.05, 3.63) is 180 Å². The van der Waals surface area contributed by atoms with Crippen molar-refractivity contribution in [2.24, 2.45) is 0 Å². The zero-order valence-electron chi connectivity index (χ0n) is 21.4. The third kappa shape index (κ3) is 3.89. The van der Waals surface area contributed by atoms with Gasteiger partial charge in [0.1, 0.15) is 5.75 Å². The summed E-state index contributed by atoms with van der Waals surface area (Å²) in [5.74, 6) is 0.857. The Labute approximate surface area is 229 Å². The third-order valence-corrected chi connectivity index (χ3v) is 7.47. The molecule has 0 fully saturated rings. The van der Waals surface area contributed by atoms with E-state index in [1.54, 1.807) is 0 Å². The Morgan fingerprint density at radius 1 is 0.410 bits per heavy atom. The maximum absolute atomic E-state index is 7.25. The molecule has 2 heteroatoms. The molecule has 0 spiro atoms. The topological polar surface area (TPSA) is 12.5 Å². The fourth-order valence-corrected chi connectivity index (χ4v) is 5.74. The van der Waals surface area contributed by atoms with Gasteiger partial charge in [-0.3, -0.25) is 0 Å². The van der Waals surface area contributed by atoms with Crippen molar-refractivity contribution in [3.8, 4) is 16.9 Å². The van der Waals surface area contributed by atoms with E-state index >= 15 is 0 Å². The van der Waals surface area contributed by atoms with E-state index in [1.165, 1.54) is 5.56 Å². The van der Waals surface area contributed by atoms with Gasteiger partial charge in [0, 0.05) is 45.4 Å². The largest absolute Gasteiger partial charge is 0.472 e. The normalized spacial score (nSPS) is 13.0. The van der Waals surface area contributed by atoms with Gasteiger partial charge in [-0.2, -0.15) is 0 Å². The van der Waals surface area contributed by atoms with E-state index in [0.29, 0.717) is 0 Å². The number of nitrogens with zero attached hydrogens (tertiary/aromatic N) is 1. The first-order valence-corrected chi connectivity index (χ1v) is 13.3. The average Bonchev–Trinajstić information content (AvgIpc) is 3.02. The summed E-state index contributed by atoms with van der Waals surface area (Å²) in [6, 6.07) is 57.3. The van der Waals surface area contributed by atoms with Crippen LogP contribution in [0.2, 0.25) is 0 Å². The van der Waals surface area contributed by atoms with Crippen LogP contribution in [0, 0.1) is 0 Å². The summed E-state index contributed by atoms with van der Waals surface area (Å²) in [7, 11) is 0. The number of rotatable bonds is 5. The zero-order valence-corrected chi connectivity index (χ0v) is 21.4. The van der Waals surface area contributed by atoms with Crippen LogP contribution in [0.3, 0.4) is 0 Å². The van der Waals surface area contributed by atoms with Gasteiger partial charge < -0.3 is 9.64 Å². The molecule has 0 atom stereocenters. The lowest BCUT2D eigenvalue weighted by Crippen LogP contribution is -2.38. The van der Waals surface area contributed by atoms with E-state index in [0.717, 1.165) is 45.1 Å². The fraction of sp³-hybridized carbons (Fsp3) is 0.0270. The van der Waals surface area contributed by atoms with Crippen LogP contribution in [0.15, 0.2) is 164 Å². The van der Waals surface area contributed by atoms with E-state index in [1.807, 2.05) is 12.1 Å². The van der Waals surface area contributed by atoms with Gasteiger partial charge in [-0.15, -0.1) is 0 Å². The van der Waals surface area contributed by atoms with Crippen LogP contribution in [0.4, 0.5) is 17.1 Å². The molecule has 0 unspecified atom stereocenters. The summed E-state index contributed by atoms with van der Waals surface area (Å²) >= 11 is 0. The molecule has 2 nitrogen and oxygen atoms in total. The molecule has 0 aliphatic carbocycles. The minimum absolute atomic E-state index is 0.783. The van der Waals surface area contributed by atoms with Crippen LogP contribution in [0.25, 0.3) is 11.1 Å². The molecule has 0 radical (unpaired) electrons. The summed E-state index contributed by atoms with van der Waals surface area (Å²) < 4.78 is 7.25. The number of benzene rings is 6. The van der Waals surface area contributed by atoms with E-state index in [9.17, 15) is 0 Å². The second-order valence-corrected chi connectivity index (χ2v) is 9.75. The Balaban J connectivity index is 1.47. The van der Waals surface area contributed by atoms with Gasteiger partial charge in [-0.1, -0.05) is 121 Å². The van der Waals surface area contributed by atoms with Crippen molar-refractivity contribution in [1.82, 2.24) is 0 Å². The predicted octanol–water partition coefficient (Wildman–Crippen LogP) is 9.51. The monoisotopic (exact) mass is 501 g/mol. The first-order chi connectivity index (χ1) is 19.3. The highest BCUT2D eigenvalue weighted by Crippen LogP contribution is 2.52. The molecule has 7 rings (SSSR count). The molecule has 6 aromatic rings. The van der Waals surface area contributed by atoms with Crippen LogP contribution in [0.1, 0.15) is 16.7 Å². The molecule has 0 aromatic heterocycles. The number of hydrogen-bond acceptors (Lipinski definition) is 2. The highest BCUT2D eigenvalue weighted by atomic mass is 16.5. The predicted molar refractivity (Wildman–Crippen MR) is 160 cm³/mol. The number of ether oxygens (including phenoxy) is 1. The molecule has 0 saturated heterocycles. The van der Waals surface area contributed by atoms with Crippen LogP contribution in [-0.4, -0.2) is 0 Å². The fourth-order valence-electron chi connectivity index (χ4n) is 5.74. The lowest BCUT2D eigenvalue weighted by molar-refractivity contribution is 0.152. The Morgan fingerprint density at radius 3 is 1.46 bits per heavy atom. The lowest BCUT2D eigenvalue weighted by Gasteiger charge is -2.41. The van der Waals surface area contributed by atoms with Crippen molar-refractivity contribution in [3.63, 3.8) is 0 Å². The maximum atomic E-state index is 7.25. The Hall–Kier alpha value is -5.08. The standard InChI is InChI=1S/C37H27NO/c1-5-15-28(16-6-1)37(29-17-7-2-8-18-29)35-24-14-13-23-33(35)34-26-25-32(27-36(34)39-37)38(30-19-9-3-10-20-30)31-21-11-4-12-22-31/h1-27H. The Morgan fingerprint density at radius 2 is 0.897 bits per heavy atom. The molecule has 6 aromatic carbocycles. The minimum Gasteiger partial charge on any atom is -0.472 e. The van der Waals surface area contributed by atoms with Gasteiger partial charge in [-0.05, 0) is 42.0 Å². The third-order valence-electron chi connectivity index (χ3n) is 7.47. The van der Waals surface area contributed by atoms with Crippen molar-refractivity contribution in [2.45, 2.75) is 5.60 Å². The van der Waals surface area contributed by atoms with Gasteiger partial charge >= 0.3 is 0 Å². The van der Waals surface area contributed by atoms with Gasteiger partial charge in [0.25, 0.3) is 0 Å². The SMILES string of the molecule is c1ccc(N(c2ccccc2)c2ccc3c(c2)OC(c2ccccc2)(c2ccccc2)c2ccccc2-3)cc1. The number of fused-ring (bicyclic) bond motifs is 3. The zero-order chi connectivity index (χ0) is 26.1. The Bertz CT molecular complexity index is 1640. The van der Waals surface area contributed by atoms with E-state index < -0.39 is 5.60 Å². The summed E-state index contributed by atoms with van der Waals surface area (Å²) in [4.78, 5) is 2.27. The van der Waals surface area contributed by atoms with E-state index in [-0.39, 0.29) is 0 Å². The molecule has 0 bridgehead atoms. The van der Waals surface area contributed by atoms with Gasteiger partial charge in [0.2, 0.25) is 0 Å². The summed E-state index contributed by atoms with van der Waals surface area (Å²) in [5, 5.41) is 0. The highest BCUT2D eigenvalue weighted by molar-refractivity contribution is 5.84. The second kappa shape index (κ2) is 9.66. The van der Waals surface area contributed by atoms with Gasteiger partial charge in [-0.25, -0.2) is 0 Å². The molecule has 0 amide bonds. The Kier molecular flexibility index (Phi) is 5.71. The van der Waals surface area contributed by atoms with E-state index in [2.05, 4.69) is 157 Å². The molecule has 186 valence electrons. The van der Waals surface area contributed by atoms with Crippen LogP contribution >= 0.6 is 0 Å². The first-order valence-electron chi connectivity index (χ1n) is 13.3. The van der Waals surface area contributed by atoms with Crippen molar-refractivity contribution < 1.29 is 4.74 Å². The highest BCUT2D eigenvalue weighted by Gasteiger charge is 2.44.